The highest BCUT2D eigenvalue weighted by molar-refractivity contribution is 4.71. The van der Waals surface area contributed by atoms with Crippen LogP contribution in [0.2, 0.25) is 0 Å². The molecular formula is C12H27N. The molecule has 13 heavy (non-hydrogen) atoms. The molecule has 0 atom stereocenters. The highest BCUT2D eigenvalue weighted by Gasteiger charge is 2.18. The molecule has 0 aliphatic carbocycles. The van der Waals surface area contributed by atoms with Crippen molar-refractivity contribution in [2.75, 3.05) is 6.54 Å². The van der Waals surface area contributed by atoms with Gasteiger partial charge in [-0.15, -0.1) is 0 Å². The maximum Gasteiger partial charge on any atom is -0.00722 e. The molecule has 0 spiro atoms. The summed E-state index contributed by atoms with van der Waals surface area (Å²) in [7, 11) is 0. The van der Waals surface area contributed by atoms with E-state index in [9.17, 15) is 0 Å². The van der Waals surface area contributed by atoms with Crippen molar-refractivity contribution in [1.82, 2.24) is 0 Å². The van der Waals surface area contributed by atoms with Gasteiger partial charge < -0.3 is 5.73 Å². The van der Waals surface area contributed by atoms with Gasteiger partial charge in [0.15, 0.2) is 0 Å². The van der Waals surface area contributed by atoms with Crippen LogP contribution < -0.4 is 5.73 Å². The molecule has 0 amide bonds. The van der Waals surface area contributed by atoms with E-state index in [0.717, 1.165) is 13.0 Å². The Labute approximate surface area is 84.1 Å². The van der Waals surface area contributed by atoms with E-state index >= 15 is 0 Å². The van der Waals surface area contributed by atoms with Crippen LogP contribution in [-0.2, 0) is 0 Å². The zero-order valence-electron chi connectivity index (χ0n) is 10.1. The molecule has 0 unspecified atom stereocenters. The Bertz CT molecular complexity index is 131. The van der Waals surface area contributed by atoms with E-state index in [4.69, 9.17) is 5.73 Å². The minimum atomic E-state index is 0.444. The summed E-state index contributed by atoms with van der Waals surface area (Å²) in [6.45, 7) is 12.4. The molecule has 0 fully saturated rings. The lowest BCUT2D eigenvalue weighted by Gasteiger charge is -2.26. The summed E-state index contributed by atoms with van der Waals surface area (Å²) in [6.07, 6.45) is 5.11. The van der Waals surface area contributed by atoms with Gasteiger partial charge in [-0.25, -0.2) is 0 Å². The minimum Gasteiger partial charge on any atom is -0.330 e. The Balaban J connectivity index is 3.63. The van der Waals surface area contributed by atoms with Gasteiger partial charge in [-0.3, -0.25) is 0 Å². The Kier molecular flexibility index (Phi) is 4.98. The summed E-state index contributed by atoms with van der Waals surface area (Å²) < 4.78 is 0. The lowest BCUT2D eigenvalue weighted by Crippen LogP contribution is -2.17. The standard InChI is InChI=1S/C12H27N/c1-11(2,3)7-6-8-12(4,5)9-10-13/h6-10,13H2,1-5H3. The second kappa shape index (κ2) is 4.99. The molecule has 0 aromatic carbocycles. The van der Waals surface area contributed by atoms with Crippen molar-refractivity contribution < 1.29 is 0 Å². The number of hydrogen-bond donors (Lipinski definition) is 1. The number of rotatable bonds is 5. The van der Waals surface area contributed by atoms with Crippen LogP contribution in [0, 0.1) is 10.8 Å². The molecule has 0 aromatic heterocycles. The van der Waals surface area contributed by atoms with E-state index in [2.05, 4.69) is 34.6 Å². The van der Waals surface area contributed by atoms with E-state index in [1.165, 1.54) is 19.3 Å². The summed E-state index contributed by atoms with van der Waals surface area (Å²) in [5, 5.41) is 0. The molecule has 1 heteroatoms. The third kappa shape index (κ3) is 8.29. The Morgan fingerprint density at radius 2 is 1.38 bits per heavy atom. The highest BCUT2D eigenvalue weighted by atomic mass is 14.5. The second-order valence-electron chi connectivity index (χ2n) is 6.12. The average molecular weight is 185 g/mol. The van der Waals surface area contributed by atoms with Crippen molar-refractivity contribution in [3.8, 4) is 0 Å². The van der Waals surface area contributed by atoms with Crippen molar-refractivity contribution in [2.45, 2.75) is 60.3 Å². The Morgan fingerprint density at radius 1 is 0.846 bits per heavy atom. The first kappa shape index (κ1) is 13.0. The van der Waals surface area contributed by atoms with Gasteiger partial charge in [0.1, 0.15) is 0 Å². The summed E-state index contributed by atoms with van der Waals surface area (Å²) in [6, 6.07) is 0. The normalized spacial score (nSPS) is 13.4. The van der Waals surface area contributed by atoms with Gasteiger partial charge in [-0.1, -0.05) is 41.0 Å². The van der Waals surface area contributed by atoms with E-state index < -0.39 is 0 Å². The summed E-state index contributed by atoms with van der Waals surface area (Å²) in [5.41, 5.74) is 6.50. The number of nitrogens with two attached hydrogens (primary N) is 1. The zero-order valence-corrected chi connectivity index (χ0v) is 10.1. The summed E-state index contributed by atoms with van der Waals surface area (Å²) >= 11 is 0. The average Bonchev–Trinajstić information content (AvgIpc) is 1.82. The lowest BCUT2D eigenvalue weighted by molar-refractivity contribution is 0.269. The third-order valence-electron chi connectivity index (χ3n) is 2.60. The van der Waals surface area contributed by atoms with Gasteiger partial charge in [0, 0.05) is 0 Å². The van der Waals surface area contributed by atoms with Crippen LogP contribution >= 0.6 is 0 Å². The minimum absolute atomic E-state index is 0.444. The maximum absolute atomic E-state index is 5.57. The summed E-state index contributed by atoms with van der Waals surface area (Å²) in [4.78, 5) is 0. The van der Waals surface area contributed by atoms with Crippen molar-refractivity contribution in [3.63, 3.8) is 0 Å². The van der Waals surface area contributed by atoms with E-state index in [1.807, 2.05) is 0 Å². The molecule has 0 saturated carbocycles. The lowest BCUT2D eigenvalue weighted by atomic mass is 9.80. The van der Waals surface area contributed by atoms with Crippen LogP contribution in [-0.4, -0.2) is 6.54 Å². The predicted molar refractivity (Wildman–Crippen MR) is 60.8 cm³/mol. The van der Waals surface area contributed by atoms with Crippen LogP contribution in [0.3, 0.4) is 0 Å². The van der Waals surface area contributed by atoms with Gasteiger partial charge in [-0.05, 0) is 36.6 Å². The van der Waals surface area contributed by atoms with E-state index in [-0.39, 0.29) is 0 Å². The van der Waals surface area contributed by atoms with E-state index in [1.54, 1.807) is 0 Å². The quantitative estimate of drug-likeness (QED) is 0.696. The van der Waals surface area contributed by atoms with Crippen LogP contribution in [0.5, 0.6) is 0 Å². The van der Waals surface area contributed by atoms with Gasteiger partial charge in [0.2, 0.25) is 0 Å². The molecule has 2 N–H and O–H groups in total. The van der Waals surface area contributed by atoms with Gasteiger partial charge >= 0.3 is 0 Å². The molecule has 0 aliphatic rings. The first-order valence-electron chi connectivity index (χ1n) is 5.47. The monoisotopic (exact) mass is 185 g/mol. The molecule has 0 aromatic rings. The number of hydrogen-bond acceptors (Lipinski definition) is 1. The van der Waals surface area contributed by atoms with Gasteiger partial charge in [0.25, 0.3) is 0 Å². The highest BCUT2D eigenvalue weighted by Crippen LogP contribution is 2.30. The maximum atomic E-state index is 5.57. The predicted octanol–water partition coefficient (Wildman–Crippen LogP) is 3.58. The largest absolute Gasteiger partial charge is 0.330 e. The first-order chi connectivity index (χ1) is 5.77. The Morgan fingerprint density at radius 3 is 1.77 bits per heavy atom. The summed E-state index contributed by atoms with van der Waals surface area (Å²) in [5.74, 6) is 0. The molecule has 80 valence electrons. The topological polar surface area (TPSA) is 26.0 Å². The van der Waals surface area contributed by atoms with Gasteiger partial charge in [0.05, 0.1) is 0 Å². The molecule has 0 bridgehead atoms. The Hall–Kier alpha value is -0.0400. The molecule has 0 aliphatic heterocycles. The van der Waals surface area contributed by atoms with Crippen molar-refractivity contribution in [2.24, 2.45) is 16.6 Å². The first-order valence-corrected chi connectivity index (χ1v) is 5.47. The molecule has 0 rings (SSSR count). The molecule has 0 heterocycles. The van der Waals surface area contributed by atoms with Crippen LogP contribution in [0.1, 0.15) is 60.3 Å². The van der Waals surface area contributed by atoms with Crippen molar-refractivity contribution in [3.05, 3.63) is 0 Å². The van der Waals surface area contributed by atoms with Crippen molar-refractivity contribution in [1.29, 1.82) is 0 Å². The SMILES string of the molecule is CC(C)(C)CCCC(C)(C)CCN. The fourth-order valence-electron chi connectivity index (χ4n) is 1.61. The second-order valence-corrected chi connectivity index (χ2v) is 6.12. The van der Waals surface area contributed by atoms with Crippen molar-refractivity contribution >= 4 is 0 Å². The third-order valence-corrected chi connectivity index (χ3v) is 2.60. The van der Waals surface area contributed by atoms with E-state index in [0.29, 0.717) is 10.8 Å². The fraction of sp³-hybridized carbons (Fsp3) is 1.00. The van der Waals surface area contributed by atoms with Crippen LogP contribution in [0.25, 0.3) is 0 Å². The molecule has 0 radical (unpaired) electrons. The zero-order chi connectivity index (χ0) is 10.5. The van der Waals surface area contributed by atoms with Gasteiger partial charge in [-0.2, -0.15) is 0 Å². The van der Waals surface area contributed by atoms with Crippen LogP contribution in [0.4, 0.5) is 0 Å². The molecule has 0 saturated heterocycles. The fourth-order valence-corrected chi connectivity index (χ4v) is 1.61. The molecule has 1 nitrogen and oxygen atoms in total. The van der Waals surface area contributed by atoms with Crippen LogP contribution in [0.15, 0.2) is 0 Å². The molecular weight excluding hydrogens is 158 g/mol. The smallest absolute Gasteiger partial charge is 0.00722 e.